The van der Waals surface area contributed by atoms with Gasteiger partial charge in [-0.05, 0) is 66.2 Å². The number of imide groups is 1. The molecule has 10 heteroatoms. The van der Waals surface area contributed by atoms with Crippen molar-refractivity contribution in [2.45, 2.75) is 65.5 Å². The number of fused-ring (bicyclic) bond motifs is 1. The van der Waals surface area contributed by atoms with Gasteiger partial charge >= 0.3 is 6.09 Å². The highest BCUT2D eigenvalue weighted by Gasteiger charge is 2.42. The van der Waals surface area contributed by atoms with Crippen molar-refractivity contribution in [3.05, 3.63) is 34.9 Å². The van der Waals surface area contributed by atoms with Crippen LogP contribution in [0.2, 0.25) is 0 Å². The second-order valence-corrected chi connectivity index (χ2v) is 11.1. The van der Waals surface area contributed by atoms with Gasteiger partial charge in [0.25, 0.3) is 17.7 Å². The highest BCUT2D eigenvalue weighted by Crippen LogP contribution is 2.30. The van der Waals surface area contributed by atoms with Gasteiger partial charge in [0.1, 0.15) is 5.60 Å². The van der Waals surface area contributed by atoms with Crippen molar-refractivity contribution in [1.29, 1.82) is 0 Å². The van der Waals surface area contributed by atoms with Crippen molar-refractivity contribution in [3.63, 3.8) is 0 Å². The Balaban J connectivity index is 1.58. The largest absolute Gasteiger partial charge is 0.444 e. The van der Waals surface area contributed by atoms with E-state index in [2.05, 4.69) is 5.32 Å². The highest BCUT2D eigenvalue weighted by molar-refractivity contribution is 6.22. The van der Waals surface area contributed by atoms with E-state index in [0.29, 0.717) is 43.7 Å². The number of ether oxygens (including phenoxy) is 1. The van der Waals surface area contributed by atoms with Crippen molar-refractivity contribution in [1.82, 2.24) is 20.0 Å². The maximum atomic E-state index is 13.2. The molecule has 1 aromatic carbocycles. The van der Waals surface area contributed by atoms with E-state index < -0.39 is 23.1 Å². The van der Waals surface area contributed by atoms with Gasteiger partial charge in [0.15, 0.2) is 0 Å². The van der Waals surface area contributed by atoms with E-state index >= 15 is 0 Å². The Morgan fingerprint density at radius 2 is 1.50 bits per heavy atom. The number of nitrogens with one attached hydrogen (secondary N) is 1. The zero-order valence-electron chi connectivity index (χ0n) is 22.0. The third-order valence-corrected chi connectivity index (χ3v) is 5.95. The summed E-state index contributed by atoms with van der Waals surface area (Å²) < 4.78 is 5.17. The molecule has 0 aromatic heterocycles. The molecule has 0 unspecified atom stereocenters. The lowest BCUT2D eigenvalue weighted by Crippen LogP contribution is -2.45. The average Bonchev–Trinajstić information content (AvgIpc) is 2.92. The second-order valence-electron chi connectivity index (χ2n) is 11.1. The van der Waals surface area contributed by atoms with Crippen molar-refractivity contribution >= 4 is 29.7 Å². The lowest BCUT2D eigenvalue weighted by Gasteiger charge is -2.29. The van der Waals surface area contributed by atoms with Gasteiger partial charge in [-0.2, -0.15) is 0 Å². The molecule has 1 fully saturated rings. The maximum absolute atomic E-state index is 13.2. The van der Waals surface area contributed by atoms with E-state index in [1.54, 1.807) is 63.5 Å². The number of rotatable bonds is 4. The van der Waals surface area contributed by atoms with E-state index in [-0.39, 0.29) is 36.3 Å². The summed E-state index contributed by atoms with van der Waals surface area (Å²) >= 11 is 0. The molecule has 10 nitrogen and oxygen atoms in total. The SMILES string of the molecule is CC(C)(C)OC(=O)NCCC(=O)N1CCCN(C(=O)c2ccc3c(c2)C(=O)N(C(C)(C)C)C3=O)CC1. The van der Waals surface area contributed by atoms with Gasteiger partial charge in [-0.1, -0.05) is 0 Å². The van der Waals surface area contributed by atoms with Gasteiger partial charge in [0, 0.05) is 50.2 Å². The molecule has 0 aliphatic carbocycles. The molecule has 0 atom stereocenters. The molecule has 2 heterocycles. The van der Waals surface area contributed by atoms with Crippen LogP contribution in [0, 0.1) is 0 Å². The fourth-order valence-electron chi connectivity index (χ4n) is 4.28. The Kier molecular flexibility index (Phi) is 7.76. The molecule has 1 aromatic rings. The van der Waals surface area contributed by atoms with Crippen LogP contribution >= 0.6 is 0 Å². The molecule has 2 aliphatic heterocycles. The number of carbonyl (C=O) groups excluding carboxylic acids is 5. The average molecular weight is 501 g/mol. The lowest BCUT2D eigenvalue weighted by molar-refractivity contribution is -0.130. The molecule has 1 saturated heterocycles. The molecule has 0 spiro atoms. The second kappa shape index (κ2) is 10.3. The first-order valence-electron chi connectivity index (χ1n) is 12.3. The third-order valence-electron chi connectivity index (χ3n) is 5.95. The number of hydrogen-bond acceptors (Lipinski definition) is 6. The molecule has 0 bridgehead atoms. The van der Waals surface area contributed by atoms with Crippen LogP contribution in [0.25, 0.3) is 0 Å². The molecule has 5 amide bonds. The van der Waals surface area contributed by atoms with E-state index in [0.717, 1.165) is 0 Å². The molecule has 0 radical (unpaired) electrons. The molecule has 2 aliphatic rings. The fraction of sp³-hybridized carbons (Fsp3) is 0.577. The van der Waals surface area contributed by atoms with Crippen LogP contribution in [0.5, 0.6) is 0 Å². The molecule has 3 rings (SSSR count). The van der Waals surface area contributed by atoms with Crippen LogP contribution in [-0.2, 0) is 9.53 Å². The Labute approximate surface area is 211 Å². The van der Waals surface area contributed by atoms with Gasteiger partial charge in [-0.3, -0.25) is 24.1 Å². The smallest absolute Gasteiger partial charge is 0.407 e. The van der Waals surface area contributed by atoms with Crippen LogP contribution in [0.3, 0.4) is 0 Å². The fourth-order valence-corrected chi connectivity index (χ4v) is 4.28. The predicted molar refractivity (Wildman–Crippen MR) is 133 cm³/mol. The lowest BCUT2D eigenvalue weighted by atomic mass is 10.0. The minimum absolute atomic E-state index is 0.107. The number of nitrogens with zero attached hydrogens (tertiary/aromatic N) is 3. The van der Waals surface area contributed by atoms with Gasteiger partial charge < -0.3 is 19.9 Å². The third kappa shape index (κ3) is 6.22. The van der Waals surface area contributed by atoms with Gasteiger partial charge in [0.05, 0.1) is 11.1 Å². The number of alkyl carbamates (subject to hydrolysis) is 1. The summed E-state index contributed by atoms with van der Waals surface area (Å²) in [6, 6.07) is 4.62. The Bertz CT molecular complexity index is 1070. The van der Waals surface area contributed by atoms with Crippen molar-refractivity contribution in [2.75, 3.05) is 32.7 Å². The Hall–Kier alpha value is -3.43. The topological polar surface area (TPSA) is 116 Å². The first kappa shape index (κ1) is 27.2. The Morgan fingerprint density at radius 1 is 0.889 bits per heavy atom. The summed E-state index contributed by atoms with van der Waals surface area (Å²) in [5.74, 6) is -1.10. The molecule has 1 N–H and O–H groups in total. The summed E-state index contributed by atoms with van der Waals surface area (Å²) in [5.41, 5.74) is -0.390. The van der Waals surface area contributed by atoms with E-state index in [9.17, 15) is 24.0 Å². The van der Waals surface area contributed by atoms with Crippen LogP contribution in [0.15, 0.2) is 18.2 Å². The zero-order chi connectivity index (χ0) is 26.8. The van der Waals surface area contributed by atoms with Crippen molar-refractivity contribution in [2.24, 2.45) is 0 Å². The Morgan fingerprint density at radius 3 is 2.14 bits per heavy atom. The van der Waals surface area contributed by atoms with Crippen LogP contribution in [0.4, 0.5) is 4.79 Å². The zero-order valence-corrected chi connectivity index (χ0v) is 22.0. The van der Waals surface area contributed by atoms with E-state index in [1.165, 1.54) is 11.0 Å². The molecule has 196 valence electrons. The summed E-state index contributed by atoms with van der Waals surface area (Å²) in [7, 11) is 0. The van der Waals surface area contributed by atoms with Gasteiger partial charge in [-0.25, -0.2) is 4.79 Å². The minimum atomic E-state index is -0.666. The molecule has 36 heavy (non-hydrogen) atoms. The summed E-state index contributed by atoms with van der Waals surface area (Å²) in [5, 5.41) is 2.58. The van der Waals surface area contributed by atoms with E-state index in [1.807, 2.05) is 0 Å². The predicted octanol–water partition coefficient (Wildman–Crippen LogP) is 2.67. The molecule has 0 saturated carbocycles. The van der Waals surface area contributed by atoms with Crippen molar-refractivity contribution in [3.8, 4) is 0 Å². The monoisotopic (exact) mass is 500 g/mol. The minimum Gasteiger partial charge on any atom is -0.444 e. The maximum Gasteiger partial charge on any atom is 0.407 e. The molecular formula is C26H36N4O6. The number of hydrogen-bond donors (Lipinski definition) is 1. The summed E-state index contributed by atoms with van der Waals surface area (Å²) in [6.45, 7) is 12.5. The van der Waals surface area contributed by atoms with Gasteiger partial charge in [0.2, 0.25) is 5.91 Å². The van der Waals surface area contributed by atoms with E-state index in [4.69, 9.17) is 4.74 Å². The highest BCUT2D eigenvalue weighted by atomic mass is 16.6. The number of amides is 5. The molecular weight excluding hydrogens is 464 g/mol. The van der Waals surface area contributed by atoms with Crippen LogP contribution in [-0.4, -0.2) is 88.3 Å². The quantitative estimate of drug-likeness (QED) is 0.636. The summed E-state index contributed by atoms with van der Waals surface area (Å²) in [4.78, 5) is 67.7. The first-order valence-corrected chi connectivity index (χ1v) is 12.3. The van der Waals surface area contributed by atoms with Crippen LogP contribution in [0.1, 0.15) is 85.5 Å². The standard InChI is InChI=1S/C26H36N4O6/c1-25(2,3)30-22(33)18-9-8-17(16-19(18)23(30)34)21(32)29-13-7-12-28(14-15-29)20(31)10-11-27-24(35)36-26(4,5)6/h8-9,16H,7,10-15H2,1-6H3,(H,27,35). The first-order chi connectivity index (χ1) is 16.7. The normalized spacial score (nSPS) is 16.6. The van der Waals surface area contributed by atoms with Gasteiger partial charge in [-0.15, -0.1) is 0 Å². The number of carbonyl (C=O) groups is 5. The number of benzene rings is 1. The summed E-state index contributed by atoms with van der Waals surface area (Å²) in [6.07, 6.45) is 0.179. The van der Waals surface area contributed by atoms with Crippen LogP contribution < -0.4 is 5.32 Å². The van der Waals surface area contributed by atoms with Crippen molar-refractivity contribution < 1.29 is 28.7 Å².